The van der Waals surface area contributed by atoms with Crippen molar-refractivity contribution in [3.8, 4) is 0 Å². The van der Waals surface area contributed by atoms with Crippen molar-refractivity contribution in [2.45, 2.75) is 58.5 Å². The second-order valence-electron chi connectivity index (χ2n) is 14.8. The molecular formula is C43H42ClP. The van der Waals surface area contributed by atoms with Crippen LogP contribution in [-0.2, 0) is 17.0 Å². The van der Waals surface area contributed by atoms with Gasteiger partial charge in [0.2, 0.25) is 0 Å². The molecule has 0 aliphatic rings. The number of halogens is 1. The average molecular weight is 625 g/mol. The fourth-order valence-electron chi connectivity index (χ4n) is 7.46. The van der Waals surface area contributed by atoms with Gasteiger partial charge in [-0.2, -0.15) is 0 Å². The van der Waals surface area contributed by atoms with Crippen molar-refractivity contribution in [3.63, 3.8) is 0 Å². The molecule has 0 bridgehead atoms. The van der Waals surface area contributed by atoms with Gasteiger partial charge in [0.05, 0.1) is 0 Å². The molecule has 2 heteroatoms. The summed E-state index contributed by atoms with van der Waals surface area (Å²) in [4.78, 5) is 0. The predicted molar refractivity (Wildman–Crippen MR) is 202 cm³/mol. The van der Waals surface area contributed by atoms with Gasteiger partial charge in [0.25, 0.3) is 0 Å². The minimum atomic E-state index is -3.59. The second-order valence-corrected chi connectivity index (χ2v) is 21.3. The van der Waals surface area contributed by atoms with Crippen LogP contribution in [0.2, 0.25) is 0 Å². The van der Waals surface area contributed by atoms with Crippen LogP contribution in [0, 0.1) is 0 Å². The van der Waals surface area contributed by atoms with E-state index in [9.17, 15) is 0 Å². The molecular weight excluding hydrogens is 583 g/mol. The Hall–Kier alpha value is -3.70. The molecule has 7 aromatic carbocycles. The Morgan fingerprint density at radius 2 is 0.911 bits per heavy atom. The second kappa shape index (κ2) is 10.4. The Kier molecular flexibility index (Phi) is 6.94. The first-order valence-corrected chi connectivity index (χ1v) is 19.4. The molecule has 0 saturated carbocycles. The Bertz CT molecular complexity index is 2030. The molecule has 0 spiro atoms. The molecule has 7 rings (SSSR count). The van der Waals surface area contributed by atoms with Crippen LogP contribution in [0.15, 0.2) is 133 Å². The molecule has 0 fully saturated rings. The van der Waals surface area contributed by atoms with Crippen LogP contribution in [0.5, 0.6) is 0 Å². The third-order valence-electron chi connectivity index (χ3n) is 9.84. The Balaban J connectivity index is 1.64. The van der Waals surface area contributed by atoms with E-state index in [1.54, 1.807) is 0 Å². The molecule has 0 saturated heterocycles. The van der Waals surface area contributed by atoms with Crippen LogP contribution in [0.1, 0.15) is 58.2 Å². The summed E-state index contributed by atoms with van der Waals surface area (Å²) in [6, 6.07) is 49.4. The zero-order valence-corrected chi connectivity index (χ0v) is 28.9. The summed E-state index contributed by atoms with van der Waals surface area (Å²) in [7, 11) is 0. The molecule has 0 aromatic heterocycles. The zero-order valence-electron chi connectivity index (χ0n) is 27.2. The fraction of sp³-hybridized carbons (Fsp3) is 0.209. The van der Waals surface area contributed by atoms with Gasteiger partial charge in [0.15, 0.2) is 0 Å². The van der Waals surface area contributed by atoms with Gasteiger partial charge in [0, 0.05) is 0 Å². The monoisotopic (exact) mass is 624 g/mol. The molecule has 0 unspecified atom stereocenters. The molecule has 7 aromatic rings. The van der Waals surface area contributed by atoms with Crippen molar-refractivity contribution in [2.24, 2.45) is 0 Å². The van der Waals surface area contributed by atoms with E-state index in [0.717, 1.165) is 6.16 Å². The van der Waals surface area contributed by atoms with Gasteiger partial charge in [-0.1, -0.05) is 0 Å². The van der Waals surface area contributed by atoms with Crippen molar-refractivity contribution in [1.29, 1.82) is 0 Å². The maximum absolute atomic E-state index is 8.72. The van der Waals surface area contributed by atoms with E-state index in [2.05, 4.69) is 175 Å². The normalized spacial score (nSPS) is 13.8. The number of hydrogen-bond donors (Lipinski definition) is 0. The van der Waals surface area contributed by atoms with Crippen molar-refractivity contribution in [3.05, 3.63) is 150 Å². The van der Waals surface area contributed by atoms with Gasteiger partial charge in [-0.25, -0.2) is 0 Å². The molecule has 0 amide bonds. The quantitative estimate of drug-likeness (QED) is 0.132. The third kappa shape index (κ3) is 4.69. The first kappa shape index (κ1) is 30.0. The molecule has 45 heavy (non-hydrogen) atoms. The number of hydrogen-bond acceptors (Lipinski definition) is 0. The molecule has 0 nitrogen and oxygen atoms in total. The summed E-state index contributed by atoms with van der Waals surface area (Å²) in [5.41, 5.74) is 4.07. The standard InChI is InChI=1S/C43H42ClP/c1-42(2,3)33-26-30-22-23-32-28-39(43(4,5)6)38(37-25-24-31(27-33)40(30)41(32)37)29-45(44,34-16-10-7-11-17-34,35-18-12-8-13-19-35)36-20-14-9-15-21-36/h7-28H,29H2,1-6H3. The van der Waals surface area contributed by atoms with Crippen LogP contribution in [0.25, 0.3) is 32.3 Å². The predicted octanol–water partition coefficient (Wildman–Crippen LogP) is 11.4. The van der Waals surface area contributed by atoms with Crippen molar-refractivity contribution >= 4 is 65.4 Å². The van der Waals surface area contributed by atoms with E-state index in [1.807, 2.05) is 0 Å². The molecule has 226 valence electrons. The van der Waals surface area contributed by atoms with E-state index >= 15 is 0 Å². The molecule has 0 aliphatic heterocycles. The van der Waals surface area contributed by atoms with E-state index in [0.29, 0.717) is 0 Å². The SMILES string of the molecule is CC(C)(C)c1cc2ccc3cc(C(C)(C)C)c(CP(Cl)(c4ccccc4)(c4ccccc4)c4ccccc4)c4ccc(c1)c2c34. The van der Waals surface area contributed by atoms with Gasteiger partial charge >= 0.3 is 274 Å². The van der Waals surface area contributed by atoms with Gasteiger partial charge < -0.3 is 0 Å². The van der Waals surface area contributed by atoms with Crippen LogP contribution < -0.4 is 15.9 Å². The molecule has 0 N–H and O–H groups in total. The molecule has 0 radical (unpaired) electrons. The number of benzene rings is 7. The third-order valence-corrected chi connectivity index (χ3v) is 17.0. The van der Waals surface area contributed by atoms with E-state index in [1.165, 1.54) is 64.9 Å². The fourth-order valence-corrected chi connectivity index (χ4v) is 13.6. The molecule has 0 aliphatic carbocycles. The topological polar surface area (TPSA) is 0 Å². The average Bonchev–Trinajstić information content (AvgIpc) is 3.04. The first-order chi connectivity index (χ1) is 21.4. The molecule has 0 heterocycles. The Morgan fingerprint density at radius 3 is 1.33 bits per heavy atom. The van der Waals surface area contributed by atoms with Crippen LogP contribution in [-0.4, -0.2) is 0 Å². The van der Waals surface area contributed by atoms with Gasteiger partial charge in [-0.15, -0.1) is 0 Å². The van der Waals surface area contributed by atoms with Gasteiger partial charge in [0.1, 0.15) is 0 Å². The summed E-state index contributed by atoms with van der Waals surface area (Å²) in [6.45, 7) is 13.9. The summed E-state index contributed by atoms with van der Waals surface area (Å²) < 4.78 is 0. The first-order valence-electron chi connectivity index (χ1n) is 16.0. The van der Waals surface area contributed by atoms with E-state index < -0.39 is 5.96 Å². The van der Waals surface area contributed by atoms with Gasteiger partial charge in [-0.3, -0.25) is 0 Å². The summed E-state index contributed by atoms with van der Waals surface area (Å²) >= 11 is 8.72. The van der Waals surface area contributed by atoms with Crippen LogP contribution in [0.4, 0.5) is 0 Å². The zero-order chi connectivity index (χ0) is 31.6. The van der Waals surface area contributed by atoms with Crippen molar-refractivity contribution < 1.29 is 0 Å². The van der Waals surface area contributed by atoms with Gasteiger partial charge in [-0.05, 0) is 0 Å². The minimum absolute atomic E-state index is 0.0753. The van der Waals surface area contributed by atoms with Crippen molar-refractivity contribution in [2.75, 3.05) is 0 Å². The van der Waals surface area contributed by atoms with Crippen LogP contribution >= 0.6 is 17.2 Å². The summed E-state index contributed by atoms with van der Waals surface area (Å²) in [6.07, 6.45) is 0.721. The Morgan fingerprint density at radius 1 is 0.489 bits per heavy atom. The van der Waals surface area contributed by atoms with Crippen molar-refractivity contribution in [1.82, 2.24) is 0 Å². The van der Waals surface area contributed by atoms with Crippen LogP contribution in [0.3, 0.4) is 0 Å². The maximum atomic E-state index is 8.72. The Labute approximate surface area is 273 Å². The molecule has 0 atom stereocenters. The summed E-state index contributed by atoms with van der Waals surface area (Å²) in [5.74, 6) is -3.59. The van der Waals surface area contributed by atoms with E-state index in [4.69, 9.17) is 11.2 Å². The van der Waals surface area contributed by atoms with E-state index in [-0.39, 0.29) is 10.8 Å². The number of rotatable bonds is 5. The summed E-state index contributed by atoms with van der Waals surface area (Å²) in [5, 5.41) is 11.5.